The summed E-state index contributed by atoms with van der Waals surface area (Å²) < 4.78 is 0. The largest absolute Gasteiger partial charge is 0.352 e. The number of rotatable bonds is 4. The Bertz CT molecular complexity index is 455. The highest BCUT2D eigenvalue weighted by molar-refractivity contribution is 5.93. The van der Waals surface area contributed by atoms with Crippen molar-refractivity contribution in [2.24, 2.45) is 0 Å². The molecule has 1 aliphatic rings. The summed E-state index contributed by atoms with van der Waals surface area (Å²) >= 11 is 0. The van der Waals surface area contributed by atoms with Gasteiger partial charge in [-0.1, -0.05) is 31.0 Å². The van der Waals surface area contributed by atoms with Crippen LogP contribution < -0.4 is 16.0 Å². The van der Waals surface area contributed by atoms with Crippen LogP contribution in [-0.2, 0) is 4.79 Å². The molecule has 5 heteroatoms. The fourth-order valence-corrected chi connectivity index (χ4v) is 2.35. The SMILES string of the molecule is C[C@@H](NC(=O)Nc1ccccc1)C(=O)NC1CCCC1. The zero-order valence-corrected chi connectivity index (χ0v) is 11.7. The van der Waals surface area contributed by atoms with Crippen LogP contribution in [-0.4, -0.2) is 24.0 Å². The monoisotopic (exact) mass is 275 g/mol. The molecule has 20 heavy (non-hydrogen) atoms. The number of nitrogens with one attached hydrogen (secondary N) is 3. The molecule has 0 aliphatic heterocycles. The Labute approximate surface area is 119 Å². The van der Waals surface area contributed by atoms with E-state index in [-0.39, 0.29) is 18.0 Å². The molecule has 0 radical (unpaired) electrons. The first-order valence-corrected chi connectivity index (χ1v) is 7.08. The number of carbonyl (C=O) groups excluding carboxylic acids is 2. The topological polar surface area (TPSA) is 70.2 Å². The van der Waals surface area contributed by atoms with E-state index in [0.29, 0.717) is 5.69 Å². The lowest BCUT2D eigenvalue weighted by atomic mass is 10.2. The number of hydrogen-bond acceptors (Lipinski definition) is 2. The average molecular weight is 275 g/mol. The second-order valence-corrected chi connectivity index (χ2v) is 5.18. The highest BCUT2D eigenvalue weighted by Crippen LogP contribution is 2.17. The van der Waals surface area contributed by atoms with Gasteiger partial charge in [0.25, 0.3) is 0 Å². The van der Waals surface area contributed by atoms with Crippen LogP contribution in [0.25, 0.3) is 0 Å². The Balaban J connectivity index is 1.76. The summed E-state index contributed by atoms with van der Waals surface area (Å²) in [5.41, 5.74) is 0.702. The van der Waals surface area contributed by atoms with Crippen molar-refractivity contribution in [3.8, 4) is 0 Å². The maximum Gasteiger partial charge on any atom is 0.319 e. The van der Waals surface area contributed by atoms with Gasteiger partial charge in [0.05, 0.1) is 0 Å². The molecular formula is C15H21N3O2. The van der Waals surface area contributed by atoms with Crippen LogP contribution in [0.5, 0.6) is 0 Å². The molecule has 2 rings (SSSR count). The molecule has 1 aromatic rings. The minimum Gasteiger partial charge on any atom is -0.352 e. The fourth-order valence-electron chi connectivity index (χ4n) is 2.35. The third-order valence-electron chi connectivity index (χ3n) is 3.47. The molecule has 1 aromatic carbocycles. The van der Waals surface area contributed by atoms with Crippen LogP contribution in [0.2, 0.25) is 0 Å². The van der Waals surface area contributed by atoms with Gasteiger partial charge in [0, 0.05) is 11.7 Å². The lowest BCUT2D eigenvalue weighted by Crippen LogP contribution is -2.48. The number of hydrogen-bond donors (Lipinski definition) is 3. The molecule has 0 saturated heterocycles. The van der Waals surface area contributed by atoms with E-state index in [0.717, 1.165) is 12.8 Å². The number of para-hydroxylation sites is 1. The predicted octanol–water partition coefficient (Wildman–Crippen LogP) is 2.26. The molecule has 3 amide bonds. The van der Waals surface area contributed by atoms with Crippen molar-refractivity contribution in [2.45, 2.75) is 44.7 Å². The Morgan fingerprint density at radius 2 is 1.80 bits per heavy atom. The molecule has 1 atom stereocenters. The lowest BCUT2D eigenvalue weighted by Gasteiger charge is -2.18. The first-order valence-electron chi connectivity index (χ1n) is 7.08. The molecule has 0 unspecified atom stereocenters. The number of carbonyl (C=O) groups is 2. The van der Waals surface area contributed by atoms with E-state index in [9.17, 15) is 9.59 Å². The molecule has 108 valence electrons. The summed E-state index contributed by atoms with van der Waals surface area (Å²) in [6.45, 7) is 1.69. The normalized spacial score (nSPS) is 16.4. The quantitative estimate of drug-likeness (QED) is 0.788. The lowest BCUT2D eigenvalue weighted by molar-refractivity contribution is -0.123. The maximum absolute atomic E-state index is 11.9. The maximum atomic E-state index is 11.9. The summed E-state index contributed by atoms with van der Waals surface area (Å²) in [5, 5.41) is 8.30. The van der Waals surface area contributed by atoms with E-state index in [1.165, 1.54) is 12.8 Å². The minimum absolute atomic E-state index is 0.125. The third-order valence-corrected chi connectivity index (χ3v) is 3.47. The molecule has 0 aromatic heterocycles. The highest BCUT2D eigenvalue weighted by atomic mass is 16.2. The predicted molar refractivity (Wildman–Crippen MR) is 78.5 cm³/mol. The Kier molecular flexibility index (Phi) is 4.98. The molecule has 0 bridgehead atoms. The number of amides is 3. The molecule has 0 spiro atoms. The van der Waals surface area contributed by atoms with Gasteiger partial charge in [0.15, 0.2) is 0 Å². The van der Waals surface area contributed by atoms with E-state index in [1.54, 1.807) is 19.1 Å². The zero-order valence-electron chi connectivity index (χ0n) is 11.7. The van der Waals surface area contributed by atoms with Gasteiger partial charge < -0.3 is 16.0 Å². The summed E-state index contributed by atoms with van der Waals surface area (Å²) in [7, 11) is 0. The van der Waals surface area contributed by atoms with Crippen molar-refractivity contribution < 1.29 is 9.59 Å². The van der Waals surface area contributed by atoms with Crippen LogP contribution in [0.1, 0.15) is 32.6 Å². The first kappa shape index (κ1) is 14.4. The van der Waals surface area contributed by atoms with Gasteiger partial charge in [-0.15, -0.1) is 0 Å². The molecule has 1 saturated carbocycles. The van der Waals surface area contributed by atoms with Crippen molar-refractivity contribution >= 4 is 17.6 Å². The van der Waals surface area contributed by atoms with Gasteiger partial charge >= 0.3 is 6.03 Å². The summed E-state index contributed by atoms with van der Waals surface area (Å²) in [4.78, 5) is 23.7. The van der Waals surface area contributed by atoms with Crippen LogP contribution in [0.15, 0.2) is 30.3 Å². The summed E-state index contributed by atoms with van der Waals surface area (Å²) in [5.74, 6) is -0.125. The highest BCUT2D eigenvalue weighted by Gasteiger charge is 2.21. The van der Waals surface area contributed by atoms with Gasteiger partial charge in [0.2, 0.25) is 5.91 Å². The molecule has 3 N–H and O–H groups in total. The third kappa shape index (κ3) is 4.26. The van der Waals surface area contributed by atoms with Gasteiger partial charge in [-0.3, -0.25) is 4.79 Å². The summed E-state index contributed by atoms with van der Waals surface area (Å²) in [6, 6.07) is 8.50. The zero-order chi connectivity index (χ0) is 14.4. The van der Waals surface area contributed by atoms with E-state index in [2.05, 4.69) is 16.0 Å². The number of urea groups is 1. The Morgan fingerprint density at radius 1 is 1.15 bits per heavy atom. The standard InChI is InChI=1S/C15H21N3O2/c1-11(14(19)17-12-9-5-6-10-12)16-15(20)18-13-7-3-2-4-8-13/h2-4,7-8,11-12H,5-6,9-10H2,1H3,(H,17,19)(H2,16,18,20)/t11-/m1/s1. The van der Waals surface area contributed by atoms with Crippen LogP contribution in [0.3, 0.4) is 0 Å². The minimum atomic E-state index is -0.542. The van der Waals surface area contributed by atoms with Gasteiger partial charge in [0.1, 0.15) is 6.04 Å². The average Bonchev–Trinajstić information content (AvgIpc) is 2.92. The van der Waals surface area contributed by atoms with E-state index < -0.39 is 6.04 Å². The molecule has 5 nitrogen and oxygen atoms in total. The summed E-state index contributed by atoms with van der Waals surface area (Å²) in [6.07, 6.45) is 4.41. The van der Waals surface area contributed by atoms with Crippen LogP contribution in [0.4, 0.5) is 10.5 Å². The second kappa shape index (κ2) is 6.93. The van der Waals surface area contributed by atoms with Gasteiger partial charge in [-0.2, -0.15) is 0 Å². The Morgan fingerprint density at radius 3 is 2.45 bits per heavy atom. The first-order chi connectivity index (χ1) is 9.65. The van der Waals surface area contributed by atoms with Crippen molar-refractivity contribution in [1.82, 2.24) is 10.6 Å². The van der Waals surface area contributed by atoms with Crippen molar-refractivity contribution in [2.75, 3.05) is 5.32 Å². The van der Waals surface area contributed by atoms with E-state index in [1.807, 2.05) is 18.2 Å². The second-order valence-electron chi connectivity index (χ2n) is 5.18. The molecule has 1 aliphatic carbocycles. The molecule has 0 heterocycles. The Hall–Kier alpha value is -2.04. The van der Waals surface area contributed by atoms with Crippen molar-refractivity contribution in [1.29, 1.82) is 0 Å². The number of benzene rings is 1. The van der Waals surface area contributed by atoms with Crippen molar-refractivity contribution in [3.05, 3.63) is 30.3 Å². The van der Waals surface area contributed by atoms with E-state index >= 15 is 0 Å². The molecule has 1 fully saturated rings. The molecular weight excluding hydrogens is 254 g/mol. The smallest absolute Gasteiger partial charge is 0.319 e. The van der Waals surface area contributed by atoms with E-state index in [4.69, 9.17) is 0 Å². The van der Waals surface area contributed by atoms with Crippen LogP contribution in [0, 0.1) is 0 Å². The fraction of sp³-hybridized carbons (Fsp3) is 0.467. The number of anilines is 1. The van der Waals surface area contributed by atoms with Gasteiger partial charge in [-0.05, 0) is 31.9 Å². The van der Waals surface area contributed by atoms with Gasteiger partial charge in [-0.25, -0.2) is 4.79 Å². The van der Waals surface area contributed by atoms with Crippen molar-refractivity contribution in [3.63, 3.8) is 0 Å². The van der Waals surface area contributed by atoms with Crippen LogP contribution >= 0.6 is 0 Å².